The summed E-state index contributed by atoms with van der Waals surface area (Å²) in [6, 6.07) is 5.96. The Labute approximate surface area is 130 Å². The molecule has 1 atom stereocenters. The lowest BCUT2D eigenvalue weighted by Crippen LogP contribution is -2.30. The maximum Gasteiger partial charge on any atom is 0.114 e. The van der Waals surface area contributed by atoms with Crippen LogP contribution in [-0.4, -0.2) is 36.4 Å². The molecule has 1 aromatic carbocycles. The van der Waals surface area contributed by atoms with E-state index in [-0.39, 0.29) is 0 Å². The number of halogens is 1. The molecule has 114 valence electrons. The Morgan fingerprint density at radius 3 is 3.14 bits per heavy atom. The van der Waals surface area contributed by atoms with Crippen molar-refractivity contribution < 1.29 is 4.74 Å². The number of hydrogen-bond donors (Lipinski definition) is 1. The van der Waals surface area contributed by atoms with Crippen LogP contribution in [0.25, 0.3) is 11.0 Å². The molecule has 0 aliphatic carbocycles. The monoisotopic (exact) mass is 307 g/mol. The number of ether oxygens (including phenoxy) is 1. The number of nitrogens with zero attached hydrogens (tertiary/aromatic N) is 2. The molecule has 1 aliphatic heterocycles. The van der Waals surface area contributed by atoms with Crippen molar-refractivity contribution in [3.05, 3.63) is 29.0 Å². The second kappa shape index (κ2) is 6.77. The van der Waals surface area contributed by atoms with Gasteiger partial charge >= 0.3 is 0 Å². The molecule has 1 aliphatic rings. The zero-order valence-electron chi connectivity index (χ0n) is 12.4. The number of nitrogens with one attached hydrogen (secondary N) is 1. The topological polar surface area (TPSA) is 39.1 Å². The summed E-state index contributed by atoms with van der Waals surface area (Å²) in [6.45, 7) is 3.83. The molecule has 3 rings (SSSR count). The van der Waals surface area contributed by atoms with Gasteiger partial charge in [-0.15, -0.1) is 0 Å². The van der Waals surface area contributed by atoms with Gasteiger partial charge in [0, 0.05) is 37.7 Å². The maximum absolute atomic E-state index is 6.17. The van der Waals surface area contributed by atoms with Gasteiger partial charge in [-0.3, -0.25) is 0 Å². The molecule has 4 nitrogen and oxygen atoms in total. The van der Waals surface area contributed by atoms with E-state index in [9.17, 15) is 0 Å². The van der Waals surface area contributed by atoms with Crippen LogP contribution in [0.2, 0.25) is 5.02 Å². The number of rotatable bonds is 5. The SMILES string of the molecule is COCCCn1c(C2CCCNC2)nc2ccc(Cl)cc21. The van der Waals surface area contributed by atoms with Crippen LogP contribution < -0.4 is 5.32 Å². The van der Waals surface area contributed by atoms with Crippen LogP contribution in [0.3, 0.4) is 0 Å². The van der Waals surface area contributed by atoms with Gasteiger partial charge in [0.1, 0.15) is 5.82 Å². The smallest absolute Gasteiger partial charge is 0.114 e. The molecule has 1 N–H and O–H groups in total. The molecule has 0 spiro atoms. The van der Waals surface area contributed by atoms with Gasteiger partial charge in [-0.25, -0.2) is 4.98 Å². The number of fused-ring (bicyclic) bond motifs is 1. The summed E-state index contributed by atoms with van der Waals surface area (Å²) in [6.07, 6.45) is 3.41. The first kappa shape index (κ1) is 14.8. The average molecular weight is 308 g/mol. The second-order valence-electron chi connectivity index (χ2n) is 5.64. The van der Waals surface area contributed by atoms with E-state index in [1.807, 2.05) is 18.2 Å². The first-order chi connectivity index (χ1) is 10.3. The van der Waals surface area contributed by atoms with Crippen LogP contribution in [0.5, 0.6) is 0 Å². The lowest BCUT2D eigenvalue weighted by atomic mass is 9.99. The Balaban J connectivity index is 1.97. The van der Waals surface area contributed by atoms with Gasteiger partial charge in [-0.2, -0.15) is 0 Å². The van der Waals surface area contributed by atoms with Crippen LogP contribution in [-0.2, 0) is 11.3 Å². The van der Waals surface area contributed by atoms with Crippen LogP contribution in [0.1, 0.15) is 31.0 Å². The highest BCUT2D eigenvalue weighted by Gasteiger charge is 2.22. The minimum absolute atomic E-state index is 0.493. The van der Waals surface area contributed by atoms with Gasteiger partial charge in [-0.05, 0) is 44.0 Å². The predicted octanol–water partition coefficient (Wildman–Crippen LogP) is 3.19. The molecule has 5 heteroatoms. The normalized spacial score (nSPS) is 19.2. The quantitative estimate of drug-likeness (QED) is 0.862. The molecule has 0 bridgehead atoms. The summed E-state index contributed by atoms with van der Waals surface area (Å²) < 4.78 is 7.52. The van der Waals surface area contributed by atoms with Crippen molar-refractivity contribution >= 4 is 22.6 Å². The number of imidazole rings is 1. The van der Waals surface area contributed by atoms with Gasteiger partial charge in [0.2, 0.25) is 0 Å². The Morgan fingerprint density at radius 2 is 2.38 bits per heavy atom. The number of aryl methyl sites for hydroxylation is 1. The summed E-state index contributed by atoms with van der Waals surface area (Å²) in [5.41, 5.74) is 2.18. The summed E-state index contributed by atoms with van der Waals surface area (Å²) >= 11 is 6.17. The molecular formula is C16H22ClN3O. The van der Waals surface area contributed by atoms with Gasteiger partial charge in [0.15, 0.2) is 0 Å². The molecule has 1 aromatic heterocycles. The number of piperidine rings is 1. The highest BCUT2D eigenvalue weighted by molar-refractivity contribution is 6.31. The molecule has 2 aromatic rings. The third-order valence-corrected chi connectivity index (χ3v) is 4.37. The Bertz CT molecular complexity index is 605. The van der Waals surface area contributed by atoms with E-state index < -0.39 is 0 Å². The molecule has 1 unspecified atom stereocenters. The minimum atomic E-state index is 0.493. The van der Waals surface area contributed by atoms with E-state index >= 15 is 0 Å². The molecule has 2 heterocycles. The Hall–Kier alpha value is -1.10. The van der Waals surface area contributed by atoms with Gasteiger partial charge in [0.05, 0.1) is 11.0 Å². The minimum Gasteiger partial charge on any atom is -0.385 e. The molecule has 1 saturated heterocycles. The third kappa shape index (κ3) is 3.23. The fourth-order valence-corrected chi connectivity index (χ4v) is 3.27. The molecule has 0 saturated carbocycles. The third-order valence-electron chi connectivity index (χ3n) is 4.13. The van der Waals surface area contributed by atoms with E-state index in [2.05, 4.69) is 9.88 Å². The first-order valence-electron chi connectivity index (χ1n) is 7.65. The molecule has 1 fully saturated rings. The predicted molar refractivity (Wildman–Crippen MR) is 86.1 cm³/mol. The van der Waals surface area contributed by atoms with Crippen LogP contribution in [0.15, 0.2) is 18.2 Å². The van der Waals surface area contributed by atoms with Crippen LogP contribution >= 0.6 is 11.6 Å². The zero-order chi connectivity index (χ0) is 14.7. The van der Waals surface area contributed by atoms with Gasteiger partial charge < -0.3 is 14.6 Å². The number of aromatic nitrogens is 2. The highest BCUT2D eigenvalue weighted by Crippen LogP contribution is 2.28. The summed E-state index contributed by atoms with van der Waals surface area (Å²) in [5, 5.41) is 4.25. The van der Waals surface area contributed by atoms with Gasteiger partial charge in [0.25, 0.3) is 0 Å². The fraction of sp³-hybridized carbons (Fsp3) is 0.562. The standard InChI is InChI=1S/C16H22ClN3O/c1-21-9-3-8-20-15-10-13(17)5-6-14(15)19-16(20)12-4-2-7-18-11-12/h5-6,10,12,18H,2-4,7-9,11H2,1H3. The second-order valence-corrected chi connectivity index (χ2v) is 6.08. The van der Waals surface area contributed by atoms with Crippen molar-refractivity contribution in [2.24, 2.45) is 0 Å². The lowest BCUT2D eigenvalue weighted by molar-refractivity contribution is 0.190. The van der Waals surface area contributed by atoms with E-state index in [1.165, 1.54) is 18.7 Å². The van der Waals surface area contributed by atoms with Crippen molar-refractivity contribution in [2.75, 3.05) is 26.8 Å². The summed E-state index contributed by atoms with van der Waals surface area (Å²) in [7, 11) is 1.74. The largest absolute Gasteiger partial charge is 0.385 e. The zero-order valence-corrected chi connectivity index (χ0v) is 13.2. The lowest BCUT2D eigenvalue weighted by Gasteiger charge is -2.23. The summed E-state index contributed by atoms with van der Waals surface area (Å²) in [5.74, 6) is 1.68. The van der Waals surface area contributed by atoms with Gasteiger partial charge in [-0.1, -0.05) is 11.6 Å². The molecular weight excluding hydrogens is 286 g/mol. The van der Waals surface area contributed by atoms with E-state index in [1.54, 1.807) is 7.11 Å². The van der Waals surface area contributed by atoms with Crippen molar-refractivity contribution in [3.63, 3.8) is 0 Å². The number of hydrogen-bond acceptors (Lipinski definition) is 3. The number of benzene rings is 1. The summed E-state index contributed by atoms with van der Waals surface area (Å²) in [4.78, 5) is 4.88. The number of methoxy groups -OCH3 is 1. The molecule has 0 radical (unpaired) electrons. The average Bonchev–Trinajstić information content (AvgIpc) is 2.87. The van der Waals surface area contributed by atoms with E-state index in [0.717, 1.165) is 48.7 Å². The molecule has 21 heavy (non-hydrogen) atoms. The van der Waals surface area contributed by atoms with Crippen molar-refractivity contribution in [1.29, 1.82) is 0 Å². The molecule has 0 amide bonds. The van der Waals surface area contributed by atoms with Crippen LogP contribution in [0, 0.1) is 0 Å². The Morgan fingerprint density at radius 1 is 1.48 bits per heavy atom. The van der Waals surface area contributed by atoms with E-state index in [0.29, 0.717) is 5.92 Å². The first-order valence-corrected chi connectivity index (χ1v) is 8.02. The maximum atomic E-state index is 6.17. The fourth-order valence-electron chi connectivity index (χ4n) is 3.10. The van der Waals surface area contributed by atoms with Crippen molar-refractivity contribution in [1.82, 2.24) is 14.9 Å². The Kier molecular flexibility index (Phi) is 4.78. The van der Waals surface area contributed by atoms with Crippen molar-refractivity contribution in [2.45, 2.75) is 31.7 Å². The van der Waals surface area contributed by atoms with Crippen molar-refractivity contribution in [3.8, 4) is 0 Å². The highest BCUT2D eigenvalue weighted by atomic mass is 35.5. The van der Waals surface area contributed by atoms with E-state index in [4.69, 9.17) is 21.3 Å². The van der Waals surface area contributed by atoms with Crippen LogP contribution in [0.4, 0.5) is 0 Å².